The Morgan fingerprint density at radius 3 is 2.53 bits per heavy atom. The Balaban J connectivity index is 1.39. The molecule has 0 bridgehead atoms. The molecule has 0 saturated heterocycles. The Morgan fingerprint density at radius 2 is 1.69 bits per heavy atom. The molecule has 0 unspecified atom stereocenters. The second-order valence-electron chi connectivity index (χ2n) is 7.33. The third kappa shape index (κ3) is 3.88. The molecule has 1 amide bonds. The molecule has 2 N–H and O–H groups in total. The van der Waals surface area contributed by atoms with Crippen LogP contribution in [-0.2, 0) is 6.61 Å². The van der Waals surface area contributed by atoms with Crippen molar-refractivity contribution in [3.8, 4) is 5.75 Å². The molecular weight excluding hydrogens is 412 g/mol. The summed E-state index contributed by atoms with van der Waals surface area (Å²) in [7, 11) is 0. The predicted molar refractivity (Wildman–Crippen MR) is 119 cm³/mol. The zero-order valence-corrected chi connectivity index (χ0v) is 16.7. The Morgan fingerprint density at radius 1 is 0.906 bits per heavy atom. The number of rotatable bonds is 5. The van der Waals surface area contributed by atoms with Crippen LogP contribution in [-0.4, -0.2) is 16.1 Å². The number of H-pyrrole nitrogens is 1. The molecule has 32 heavy (non-hydrogen) atoms. The third-order valence-corrected chi connectivity index (χ3v) is 5.13. The first-order chi connectivity index (χ1) is 15.6. The molecule has 0 fully saturated rings. The summed E-state index contributed by atoms with van der Waals surface area (Å²) in [5.41, 5.74) is 1.63. The summed E-state index contributed by atoms with van der Waals surface area (Å²) in [5, 5.41) is 12.4. The van der Waals surface area contributed by atoms with E-state index < -0.39 is 11.6 Å². The van der Waals surface area contributed by atoms with Gasteiger partial charge in [-0.25, -0.2) is 8.78 Å². The smallest absolute Gasteiger partial charge is 0.257 e. The van der Waals surface area contributed by atoms with Gasteiger partial charge in [0, 0.05) is 17.0 Å². The minimum absolute atomic E-state index is 0.00423. The average Bonchev–Trinajstić information content (AvgIpc) is 3.18. The van der Waals surface area contributed by atoms with Crippen LogP contribution in [0.5, 0.6) is 5.75 Å². The van der Waals surface area contributed by atoms with Crippen LogP contribution in [0.4, 0.5) is 14.6 Å². The molecule has 5 nitrogen and oxygen atoms in total. The highest BCUT2D eigenvalue weighted by Crippen LogP contribution is 2.27. The van der Waals surface area contributed by atoms with Gasteiger partial charge < -0.3 is 10.1 Å². The summed E-state index contributed by atoms with van der Waals surface area (Å²) in [6.45, 7) is -0.00423. The SMILES string of the molecule is O=C(Nc1n[nH]c2ccc(OCc3cc(F)cc(F)c3)cc12)c1cccc2ccccc12. The Kier molecular flexibility index (Phi) is 4.99. The molecular formula is C25H17F2N3O2. The highest BCUT2D eigenvalue weighted by atomic mass is 19.1. The summed E-state index contributed by atoms with van der Waals surface area (Å²) >= 11 is 0. The van der Waals surface area contributed by atoms with Gasteiger partial charge in [-0.2, -0.15) is 5.10 Å². The molecule has 158 valence electrons. The largest absolute Gasteiger partial charge is 0.489 e. The van der Waals surface area contributed by atoms with E-state index >= 15 is 0 Å². The standard InChI is InChI=1S/C25H17F2N3O2/c26-17-10-15(11-18(27)12-17)14-32-19-8-9-23-22(13-19)24(30-29-23)28-25(31)21-7-3-5-16-4-1-2-6-20(16)21/h1-13H,14H2,(H2,28,29,30,31). The van der Waals surface area contributed by atoms with E-state index in [0.29, 0.717) is 33.6 Å². The van der Waals surface area contributed by atoms with Crippen molar-refractivity contribution in [1.29, 1.82) is 0 Å². The fourth-order valence-electron chi connectivity index (χ4n) is 3.64. The van der Waals surface area contributed by atoms with E-state index in [1.807, 2.05) is 36.4 Å². The number of fused-ring (bicyclic) bond motifs is 2. The van der Waals surface area contributed by atoms with Gasteiger partial charge in [0.25, 0.3) is 5.91 Å². The second-order valence-corrected chi connectivity index (χ2v) is 7.33. The van der Waals surface area contributed by atoms with E-state index in [9.17, 15) is 13.6 Å². The number of anilines is 1. The summed E-state index contributed by atoms with van der Waals surface area (Å²) < 4.78 is 32.5. The van der Waals surface area contributed by atoms with E-state index in [1.165, 1.54) is 12.1 Å². The van der Waals surface area contributed by atoms with Gasteiger partial charge in [-0.05, 0) is 52.7 Å². The number of aromatic amines is 1. The van der Waals surface area contributed by atoms with E-state index in [2.05, 4.69) is 15.5 Å². The van der Waals surface area contributed by atoms with Gasteiger partial charge >= 0.3 is 0 Å². The molecule has 0 aliphatic rings. The van der Waals surface area contributed by atoms with Crippen molar-refractivity contribution in [3.05, 3.63) is 102 Å². The number of hydrogen-bond acceptors (Lipinski definition) is 3. The zero-order chi connectivity index (χ0) is 22.1. The molecule has 4 aromatic carbocycles. The van der Waals surface area contributed by atoms with Crippen molar-refractivity contribution in [1.82, 2.24) is 10.2 Å². The van der Waals surface area contributed by atoms with Crippen molar-refractivity contribution in [3.63, 3.8) is 0 Å². The van der Waals surface area contributed by atoms with Crippen molar-refractivity contribution >= 4 is 33.4 Å². The molecule has 0 atom stereocenters. The first kappa shape index (κ1) is 19.7. The number of halogens is 2. The number of aromatic nitrogens is 2. The molecule has 1 aromatic heterocycles. The quantitative estimate of drug-likeness (QED) is 0.370. The van der Waals surface area contributed by atoms with Crippen LogP contribution in [0.2, 0.25) is 0 Å². The van der Waals surface area contributed by atoms with E-state index in [-0.39, 0.29) is 12.5 Å². The molecule has 0 spiro atoms. The number of hydrogen-bond donors (Lipinski definition) is 2. The second kappa shape index (κ2) is 8.11. The molecule has 5 aromatic rings. The van der Waals surface area contributed by atoms with Gasteiger partial charge in [0.2, 0.25) is 0 Å². The van der Waals surface area contributed by atoms with Crippen LogP contribution in [0.1, 0.15) is 15.9 Å². The summed E-state index contributed by atoms with van der Waals surface area (Å²) in [5.74, 6) is -0.763. The molecule has 1 heterocycles. The maximum Gasteiger partial charge on any atom is 0.257 e. The monoisotopic (exact) mass is 429 g/mol. The lowest BCUT2D eigenvalue weighted by Crippen LogP contribution is -2.12. The van der Waals surface area contributed by atoms with Crippen LogP contribution in [0.25, 0.3) is 21.7 Å². The van der Waals surface area contributed by atoms with Crippen molar-refractivity contribution in [2.75, 3.05) is 5.32 Å². The van der Waals surface area contributed by atoms with E-state index in [1.54, 1.807) is 24.3 Å². The molecule has 0 radical (unpaired) electrons. The van der Waals surface area contributed by atoms with Crippen molar-refractivity contribution in [2.24, 2.45) is 0 Å². The van der Waals surface area contributed by atoms with Gasteiger partial charge in [-0.1, -0.05) is 36.4 Å². The van der Waals surface area contributed by atoms with Gasteiger partial charge in [0.1, 0.15) is 24.0 Å². The normalized spacial score (nSPS) is 11.1. The van der Waals surface area contributed by atoms with Crippen LogP contribution in [0, 0.1) is 11.6 Å². The number of benzene rings is 4. The average molecular weight is 429 g/mol. The number of nitrogens with zero attached hydrogens (tertiary/aromatic N) is 1. The summed E-state index contributed by atoms with van der Waals surface area (Å²) in [4.78, 5) is 13.0. The number of carbonyl (C=O) groups is 1. The Bertz CT molecular complexity index is 1440. The molecule has 0 aliphatic carbocycles. The van der Waals surface area contributed by atoms with Gasteiger partial charge in [0.15, 0.2) is 5.82 Å². The van der Waals surface area contributed by atoms with Crippen LogP contribution in [0.3, 0.4) is 0 Å². The van der Waals surface area contributed by atoms with E-state index in [4.69, 9.17) is 4.74 Å². The summed E-state index contributed by atoms with van der Waals surface area (Å²) in [6, 6.07) is 21.6. The van der Waals surface area contributed by atoms with Gasteiger partial charge in [-0.3, -0.25) is 9.89 Å². The maximum absolute atomic E-state index is 13.4. The number of carbonyl (C=O) groups excluding carboxylic acids is 1. The predicted octanol–water partition coefficient (Wildman–Crippen LogP) is 5.83. The van der Waals surface area contributed by atoms with Crippen molar-refractivity contribution < 1.29 is 18.3 Å². The van der Waals surface area contributed by atoms with Crippen LogP contribution < -0.4 is 10.1 Å². The number of nitrogens with one attached hydrogen (secondary N) is 2. The van der Waals surface area contributed by atoms with Crippen LogP contribution >= 0.6 is 0 Å². The van der Waals surface area contributed by atoms with Crippen LogP contribution in [0.15, 0.2) is 78.9 Å². The Labute approximate surface area is 181 Å². The highest BCUT2D eigenvalue weighted by Gasteiger charge is 2.14. The summed E-state index contributed by atoms with van der Waals surface area (Å²) in [6.07, 6.45) is 0. The highest BCUT2D eigenvalue weighted by molar-refractivity contribution is 6.14. The lowest BCUT2D eigenvalue weighted by molar-refractivity contribution is 0.102. The zero-order valence-electron chi connectivity index (χ0n) is 16.7. The fourth-order valence-corrected chi connectivity index (χ4v) is 3.64. The van der Waals surface area contributed by atoms with Gasteiger partial charge in [0.05, 0.1) is 5.52 Å². The fraction of sp³-hybridized carbons (Fsp3) is 0.0400. The van der Waals surface area contributed by atoms with Gasteiger partial charge in [-0.15, -0.1) is 0 Å². The minimum atomic E-state index is -0.660. The maximum atomic E-state index is 13.4. The third-order valence-electron chi connectivity index (χ3n) is 5.13. The first-order valence-corrected chi connectivity index (χ1v) is 9.92. The molecule has 0 aliphatic heterocycles. The topological polar surface area (TPSA) is 67.0 Å². The minimum Gasteiger partial charge on any atom is -0.489 e. The van der Waals surface area contributed by atoms with E-state index in [0.717, 1.165) is 16.8 Å². The molecule has 5 rings (SSSR count). The molecule has 0 saturated carbocycles. The van der Waals surface area contributed by atoms with Crippen molar-refractivity contribution in [2.45, 2.75) is 6.61 Å². The lowest BCUT2D eigenvalue weighted by atomic mass is 10.0. The molecule has 7 heteroatoms. The number of amides is 1. The lowest BCUT2D eigenvalue weighted by Gasteiger charge is -2.08. The Hall–Kier alpha value is -4.26. The number of ether oxygens (including phenoxy) is 1. The first-order valence-electron chi connectivity index (χ1n) is 9.92.